The summed E-state index contributed by atoms with van der Waals surface area (Å²) < 4.78 is 15.7. The number of thiocarbonyl (C=S) groups is 1. The van der Waals surface area contributed by atoms with E-state index in [2.05, 4.69) is 5.32 Å². The van der Waals surface area contributed by atoms with Crippen molar-refractivity contribution >= 4 is 35.0 Å². The molecule has 0 unspecified atom stereocenters. The molecule has 0 saturated carbocycles. The SMILES string of the molecule is COc1ccc(N2C(=O)/C(=C/c3cc(OC)ccc3OC)NC2=S)cc1. The lowest BCUT2D eigenvalue weighted by Crippen LogP contribution is -2.30. The van der Waals surface area contributed by atoms with Crippen LogP contribution in [0, 0.1) is 0 Å². The quantitative estimate of drug-likeness (QED) is 0.645. The van der Waals surface area contributed by atoms with E-state index in [-0.39, 0.29) is 5.91 Å². The van der Waals surface area contributed by atoms with Crippen molar-refractivity contribution in [1.82, 2.24) is 5.32 Å². The summed E-state index contributed by atoms with van der Waals surface area (Å²) in [6.07, 6.45) is 1.69. The number of amides is 1. The zero-order valence-corrected chi connectivity index (χ0v) is 15.4. The number of anilines is 1. The van der Waals surface area contributed by atoms with Crippen molar-refractivity contribution in [2.45, 2.75) is 0 Å². The molecule has 2 aromatic carbocycles. The normalized spacial score (nSPS) is 15.2. The molecular weight excluding hydrogens is 352 g/mol. The van der Waals surface area contributed by atoms with Crippen LogP contribution in [0.1, 0.15) is 5.56 Å². The molecule has 0 atom stereocenters. The molecule has 3 rings (SSSR count). The Labute approximate surface area is 157 Å². The van der Waals surface area contributed by atoms with E-state index in [0.717, 1.165) is 0 Å². The zero-order chi connectivity index (χ0) is 18.7. The Kier molecular flexibility index (Phi) is 5.09. The molecule has 26 heavy (non-hydrogen) atoms. The van der Waals surface area contributed by atoms with E-state index in [1.54, 1.807) is 69.9 Å². The van der Waals surface area contributed by atoms with E-state index >= 15 is 0 Å². The minimum Gasteiger partial charge on any atom is -0.497 e. The van der Waals surface area contributed by atoms with E-state index in [9.17, 15) is 4.79 Å². The average Bonchev–Trinajstić information content (AvgIpc) is 2.95. The lowest BCUT2D eigenvalue weighted by molar-refractivity contribution is -0.113. The molecule has 2 aromatic rings. The topological polar surface area (TPSA) is 60.0 Å². The van der Waals surface area contributed by atoms with Crippen LogP contribution in [0.3, 0.4) is 0 Å². The number of benzene rings is 2. The Morgan fingerprint density at radius 3 is 2.23 bits per heavy atom. The molecule has 1 amide bonds. The van der Waals surface area contributed by atoms with Crippen molar-refractivity contribution in [2.75, 3.05) is 26.2 Å². The Bertz CT molecular complexity index is 878. The van der Waals surface area contributed by atoms with Gasteiger partial charge in [0.1, 0.15) is 22.9 Å². The fourth-order valence-corrected chi connectivity index (χ4v) is 2.91. The monoisotopic (exact) mass is 370 g/mol. The molecule has 0 aromatic heterocycles. The smallest absolute Gasteiger partial charge is 0.281 e. The molecule has 1 aliphatic heterocycles. The molecule has 0 radical (unpaired) electrons. The van der Waals surface area contributed by atoms with Gasteiger partial charge < -0.3 is 19.5 Å². The number of ether oxygens (including phenoxy) is 3. The number of hydrogen-bond acceptors (Lipinski definition) is 5. The van der Waals surface area contributed by atoms with Crippen molar-refractivity contribution in [1.29, 1.82) is 0 Å². The fraction of sp³-hybridized carbons (Fsp3) is 0.158. The predicted molar refractivity (Wildman–Crippen MR) is 104 cm³/mol. The minimum atomic E-state index is -0.245. The number of nitrogens with one attached hydrogen (secondary N) is 1. The standard InChI is InChI=1S/C19H18N2O4S/c1-23-14-6-4-13(5-7-14)21-18(22)16(20-19(21)26)11-12-10-15(24-2)8-9-17(12)25-3/h4-11H,1-3H3,(H,20,26)/b16-11-. The van der Waals surface area contributed by atoms with Gasteiger partial charge in [0.05, 0.1) is 27.0 Å². The van der Waals surface area contributed by atoms with Crippen LogP contribution in [0.2, 0.25) is 0 Å². The van der Waals surface area contributed by atoms with E-state index in [1.165, 1.54) is 4.90 Å². The summed E-state index contributed by atoms with van der Waals surface area (Å²) in [6.45, 7) is 0. The van der Waals surface area contributed by atoms with Gasteiger partial charge in [0.2, 0.25) is 0 Å². The molecule has 0 bridgehead atoms. The number of methoxy groups -OCH3 is 3. The number of nitrogens with zero attached hydrogens (tertiary/aromatic N) is 1. The lowest BCUT2D eigenvalue weighted by atomic mass is 10.1. The van der Waals surface area contributed by atoms with Crippen LogP contribution in [-0.4, -0.2) is 32.3 Å². The second-order valence-electron chi connectivity index (χ2n) is 5.43. The van der Waals surface area contributed by atoms with Crippen molar-refractivity contribution in [2.24, 2.45) is 0 Å². The minimum absolute atomic E-state index is 0.245. The maximum Gasteiger partial charge on any atom is 0.281 e. The maximum absolute atomic E-state index is 12.8. The van der Waals surface area contributed by atoms with E-state index in [1.807, 2.05) is 0 Å². The summed E-state index contributed by atoms with van der Waals surface area (Å²) in [5, 5.41) is 3.27. The van der Waals surface area contributed by atoms with Crippen LogP contribution in [0.25, 0.3) is 6.08 Å². The number of carbonyl (C=O) groups is 1. The first-order valence-corrected chi connectivity index (χ1v) is 8.21. The maximum atomic E-state index is 12.8. The van der Waals surface area contributed by atoms with Gasteiger partial charge in [-0.05, 0) is 60.8 Å². The van der Waals surface area contributed by atoms with Gasteiger partial charge in [0.15, 0.2) is 5.11 Å². The third kappa shape index (κ3) is 3.34. The second-order valence-corrected chi connectivity index (χ2v) is 5.82. The predicted octanol–water partition coefficient (Wildman–Crippen LogP) is 2.97. The highest BCUT2D eigenvalue weighted by atomic mass is 32.1. The van der Waals surface area contributed by atoms with Gasteiger partial charge in [-0.3, -0.25) is 9.69 Å². The summed E-state index contributed by atoms with van der Waals surface area (Å²) in [5.74, 6) is 1.75. The Morgan fingerprint density at radius 1 is 0.962 bits per heavy atom. The second kappa shape index (κ2) is 7.45. The largest absolute Gasteiger partial charge is 0.497 e. The van der Waals surface area contributed by atoms with E-state index < -0.39 is 0 Å². The molecule has 1 heterocycles. The first kappa shape index (κ1) is 17.8. The number of carbonyl (C=O) groups excluding carboxylic acids is 1. The van der Waals surface area contributed by atoms with Crippen molar-refractivity contribution < 1.29 is 19.0 Å². The summed E-state index contributed by atoms with van der Waals surface area (Å²) in [4.78, 5) is 14.3. The third-order valence-electron chi connectivity index (χ3n) is 3.95. The molecule has 1 aliphatic rings. The average molecular weight is 370 g/mol. The highest BCUT2D eigenvalue weighted by Crippen LogP contribution is 2.29. The molecule has 6 nitrogen and oxygen atoms in total. The molecule has 134 valence electrons. The van der Waals surface area contributed by atoms with Crippen LogP contribution < -0.4 is 24.4 Å². The van der Waals surface area contributed by atoms with Crippen molar-refractivity contribution in [3.63, 3.8) is 0 Å². The van der Waals surface area contributed by atoms with Gasteiger partial charge in [-0.15, -0.1) is 0 Å². The molecule has 1 saturated heterocycles. The van der Waals surface area contributed by atoms with Gasteiger partial charge in [0.25, 0.3) is 5.91 Å². The summed E-state index contributed by atoms with van der Waals surface area (Å²) in [7, 11) is 4.74. The van der Waals surface area contributed by atoms with E-state index in [0.29, 0.717) is 39.3 Å². The molecule has 0 spiro atoms. The van der Waals surface area contributed by atoms with Gasteiger partial charge in [0, 0.05) is 5.56 Å². The molecular formula is C19H18N2O4S. The molecule has 1 N–H and O–H groups in total. The van der Waals surface area contributed by atoms with Crippen LogP contribution in [0.15, 0.2) is 48.2 Å². The highest BCUT2D eigenvalue weighted by molar-refractivity contribution is 7.80. The molecule has 7 heteroatoms. The van der Waals surface area contributed by atoms with Crippen LogP contribution in [0.4, 0.5) is 5.69 Å². The molecule has 1 fully saturated rings. The Hall–Kier alpha value is -3.06. The third-order valence-corrected chi connectivity index (χ3v) is 4.23. The number of hydrogen-bond donors (Lipinski definition) is 1. The fourth-order valence-electron chi connectivity index (χ4n) is 2.61. The van der Waals surface area contributed by atoms with Crippen molar-refractivity contribution in [3.8, 4) is 17.2 Å². The lowest BCUT2D eigenvalue weighted by Gasteiger charge is -2.14. The van der Waals surface area contributed by atoms with Gasteiger partial charge >= 0.3 is 0 Å². The van der Waals surface area contributed by atoms with Gasteiger partial charge in [-0.25, -0.2) is 0 Å². The molecule has 0 aliphatic carbocycles. The van der Waals surface area contributed by atoms with Gasteiger partial charge in [-0.1, -0.05) is 0 Å². The number of rotatable bonds is 5. The van der Waals surface area contributed by atoms with Crippen LogP contribution in [0.5, 0.6) is 17.2 Å². The summed E-state index contributed by atoms with van der Waals surface area (Å²) >= 11 is 5.33. The Morgan fingerprint density at radius 2 is 1.62 bits per heavy atom. The van der Waals surface area contributed by atoms with E-state index in [4.69, 9.17) is 26.4 Å². The van der Waals surface area contributed by atoms with Crippen molar-refractivity contribution in [3.05, 3.63) is 53.7 Å². The zero-order valence-electron chi connectivity index (χ0n) is 14.6. The first-order chi connectivity index (χ1) is 12.6. The summed E-state index contributed by atoms with van der Waals surface area (Å²) in [6, 6.07) is 12.5. The highest BCUT2D eigenvalue weighted by Gasteiger charge is 2.32. The van der Waals surface area contributed by atoms with Crippen LogP contribution in [-0.2, 0) is 4.79 Å². The van der Waals surface area contributed by atoms with Gasteiger partial charge in [-0.2, -0.15) is 0 Å². The van der Waals surface area contributed by atoms with Crippen LogP contribution >= 0.6 is 12.2 Å². The Balaban J connectivity index is 1.94. The first-order valence-electron chi connectivity index (χ1n) is 7.80. The summed E-state index contributed by atoms with van der Waals surface area (Å²) in [5.41, 5.74) is 1.73.